The summed E-state index contributed by atoms with van der Waals surface area (Å²) < 4.78 is 49.1. The van der Waals surface area contributed by atoms with E-state index in [4.69, 9.17) is 10.3 Å². The smallest absolute Gasteiger partial charge is 0.282 e. The van der Waals surface area contributed by atoms with Crippen LogP contribution in [0.2, 0.25) is 0 Å². The van der Waals surface area contributed by atoms with Crippen LogP contribution in [0, 0.1) is 29.8 Å². The molecule has 1 aliphatic heterocycles. The number of nitrogens with zero attached hydrogens (tertiary/aromatic N) is 4. The van der Waals surface area contributed by atoms with Gasteiger partial charge in [0.25, 0.3) is 17.7 Å². The first kappa shape index (κ1) is 27.7. The van der Waals surface area contributed by atoms with E-state index in [1.54, 1.807) is 13.0 Å². The molecule has 4 aromatic rings. The zero-order valence-corrected chi connectivity index (χ0v) is 23.0. The van der Waals surface area contributed by atoms with Crippen LogP contribution in [0.3, 0.4) is 0 Å². The van der Waals surface area contributed by atoms with Crippen molar-refractivity contribution in [1.82, 2.24) is 20.0 Å². The summed E-state index contributed by atoms with van der Waals surface area (Å²) in [5, 5.41) is 16.2. The van der Waals surface area contributed by atoms with Crippen molar-refractivity contribution in [2.75, 3.05) is 13.1 Å². The van der Waals surface area contributed by atoms with E-state index in [2.05, 4.69) is 22.0 Å². The third-order valence-corrected chi connectivity index (χ3v) is 8.44. The van der Waals surface area contributed by atoms with Crippen LogP contribution in [-0.4, -0.2) is 50.9 Å². The van der Waals surface area contributed by atoms with Gasteiger partial charge in [-0.25, -0.2) is 18.2 Å². The second kappa shape index (κ2) is 10.1. The number of primary amides is 1. The van der Waals surface area contributed by atoms with Crippen molar-refractivity contribution in [1.29, 1.82) is 0 Å². The van der Waals surface area contributed by atoms with Crippen molar-refractivity contribution in [2.24, 2.45) is 17.6 Å². The lowest BCUT2D eigenvalue weighted by molar-refractivity contribution is -0.604. The van der Waals surface area contributed by atoms with Gasteiger partial charge in [0.15, 0.2) is 24.0 Å². The molecular formula is C29H29F3N6O4. The number of carbonyl (C=O) groups is 2. The molecule has 0 radical (unpaired) electrons. The normalized spacial score (nSPS) is 20.8. The predicted octanol–water partition coefficient (Wildman–Crippen LogP) is 4.45. The highest BCUT2D eigenvalue weighted by Gasteiger charge is 2.47. The highest BCUT2D eigenvalue weighted by atomic mass is 19.3. The molecule has 2 amide bonds. The van der Waals surface area contributed by atoms with E-state index in [0.29, 0.717) is 27.7 Å². The summed E-state index contributed by atoms with van der Waals surface area (Å²) in [7, 11) is 0. The zero-order valence-electron chi connectivity index (χ0n) is 23.0. The maximum Gasteiger partial charge on any atom is 0.282 e. The highest BCUT2D eigenvalue weighted by molar-refractivity contribution is 6.02. The Kier molecular flexibility index (Phi) is 6.70. The van der Waals surface area contributed by atoms with Gasteiger partial charge in [0, 0.05) is 11.6 Å². The second-order valence-electron chi connectivity index (χ2n) is 11.5. The Bertz CT molecular complexity index is 1700. The molecule has 0 spiro atoms. The molecule has 1 atom stereocenters. The number of rotatable bonds is 6. The first-order chi connectivity index (χ1) is 19.9. The van der Waals surface area contributed by atoms with E-state index in [9.17, 15) is 23.6 Å². The van der Waals surface area contributed by atoms with Gasteiger partial charge in [0.1, 0.15) is 16.9 Å². The largest absolute Gasteiger partial charge is 0.619 e. The van der Waals surface area contributed by atoms with Crippen LogP contribution >= 0.6 is 0 Å². The van der Waals surface area contributed by atoms with Crippen molar-refractivity contribution in [3.8, 4) is 11.1 Å². The average Bonchev–Trinajstić information content (AvgIpc) is 3.52. The number of halogens is 3. The second-order valence-corrected chi connectivity index (χ2v) is 11.5. The Balaban J connectivity index is 1.44. The Labute approximate surface area is 238 Å². The standard InChI is InChI=1S/C29H29F3N6O4/c1-14-3-5-16(6-4-14)22(25-21(26(33)39)15(2)36-42-25)27-34-20-8-7-17(23(30)24(20)35-27)19-11-38(41)10-9-18(19)28(40)37-12-29(31,32)13-37/h7-11,14,16,22H,3-6,12-13H2,1-2H3,(H2,33,39)(H,34,35)/t14?,16?,22-/m1/s1. The lowest BCUT2D eigenvalue weighted by Gasteiger charge is -2.38. The number of nitrogens with two attached hydrogens (primary N) is 1. The number of alkyl halides is 2. The number of aromatic amines is 1. The van der Waals surface area contributed by atoms with E-state index < -0.39 is 42.6 Å². The predicted molar refractivity (Wildman–Crippen MR) is 144 cm³/mol. The van der Waals surface area contributed by atoms with Crippen molar-refractivity contribution < 1.29 is 32.0 Å². The molecule has 1 saturated carbocycles. The van der Waals surface area contributed by atoms with E-state index >= 15 is 4.39 Å². The zero-order chi connectivity index (χ0) is 29.9. The van der Waals surface area contributed by atoms with Gasteiger partial charge in [-0.15, -0.1) is 0 Å². The van der Waals surface area contributed by atoms with Gasteiger partial charge in [0.05, 0.1) is 41.3 Å². The molecule has 3 N–H and O–H groups in total. The quantitative estimate of drug-likeness (QED) is 0.254. The number of nitrogens with one attached hydrogen (secondary N) is 1. The number of imidazole rings is 1. The van der Waals surface area contributed by atoms with Crippen LogP contribution in [0.5, 0.6) is 0 Å². The number of carbonyl (C=O) groups excluding carboxylic acids is 2. The Morgan fingerprint density at radius 3 is 2.57 bits per heavy atom. The fraction of sp³-hybridized carbons (Fsp3) is 0.414. The van der Waals surface area contributed by atoms with Crippen LogP contribution in [0.15, 0.2) is 35.1 Å². The number of aromatic nitrogens is 4. The summed E-state index contributed by atoms with van der Waals surface area (Å²) in [4.78, 5) is 34.1. The third kappa shape index (κ3) is 4.76. The number of fused-ring (bicyclic) bond motifs is 1. The van der Waals surface area contributed by atoms with Crippen molar-refractivity contribution in [3.63, 3.8) is 0 Å². The molecule has 4 heterocycles. The van der Waals surface area contributed by atoms with Crippen LogP contribution in [0.1, 0.15) is 76.5 Å². The van der Waals surface area contributed by atoms with E-state index in [1.807, 2.05) is 0 Å². The molecule has 3 aromatic heterocycles. The molecule has 10 nitrogen and oxygen atoms in total. The summed E-state index contributed by atoms with van der Waals surface area (Å²) >= 11 is 0. The maximum atomic E-state index is 16.2. The van der Waals surface area contributed by atoms with Crippen LogP contribution in [0.4, 0.5) is 13.2 Å². The molecule has 1 aliphatic carbocycles. The van der Waals surface area contributed by atoms with Crippen LogP contribution in [-0.2, 0) is 0 Å². The van der Waals surface area contributed by atoms with Crippen LogP contribution in [0.25, 0.3) is 22.2 Å². The first-order valence-electron chi connectivity index (χ1n) is 13.8. The number of pyridine rings is 1. The molecular weight excluding hydrogens is 553 g/mol. The monoisotopic (exact) mass is 582 g/mol. The van der Waals surface area contributed by atoms with Gasteiger partial charge in [-0.1, -0.05) is 24.9 Å². The Morgan fingerprint density at radius 2 is 1.90 bits per heavy atom. The molecule has 6 rings (SSSR count). The molecule has 0 unspecified atom stereocenters. The fourth-order valence-corrected chi connectivity index (χ4v) is 6.20. The Morgan fingerprint density at radius 1 is 1.19 bits per heavy atom. The number of benzene rings is 1. The minimum atomic E-state index is -2.98. The number of H-pyrrole nitrogens is 1. The lowest BCUT2D eigenvalue weighted by atomic mass is 9.74. The van der Waals surface area contributed by atoms with Crippen molar-refractivity contribution in [2.45, 2.75) is 51.4 Å². The van der Waals surface area contributed by atoms with Gasteiger partial charge in [0.2, 0.25) is 0 Å². The minimum Gasteiger partial charge on any atom is -0.619 e. The van der Waals surface area contributed by atoms with Crippen molar-refractivity contribution in [3.05, 3.63) is 70.0 Å². The maximum absolute atomic E-state index is 16.2. The number of amides is 2. The van der Waals surface area contributed by atoms with Crippen molar-refractivity contribution >= 4 is 22.8 Å². The summed E-state index contributed by atoms with van der Waals surface area (Å²) in [5.74, 6) is -4.56. The van der Waals surface area contributed by atoms with Gasteiger partial charge < -0.3 is 25.3 Å². The Hall–Kier alpha value is -4.42. The number of likely N-dealkylation sites (tertiary alicyclic amines) is 1. The third-order valence-electron chi connectivity index (χ3n) is 8.44. The molecule has 1 aromatic carbocycles. The number of hydrogen-bond donors (Lipinski definition) is 2. The topological polar surface area (TPSA) is 145 Å². The van der Waals surface area contributed by atoms with Gasteiger partial charge >= 0.3 is 0 Å². The number of aryl methyl sites for hydroxylation is 1. The average molecular weight is 583 g/mol. The van der Waals surface area contributed by atoms with E-state index in [0.717, 1.165) is 43.0 Å². The van der Waals surface area contributed by atoms with Gasteiger partial charge in [-0.3, -0.25) is 9.59 Å². The van der Waals surface area contributed by atoms with Gasteiger partial charge in [-0.05, 0) is 43.7 Å². The molecule has 13 heteroatoms. The minimum absolute atomic E-state index is 0.0159. The van der Waals surface area contributed by atoms with E-state index in [1.165, 1.54) is 12.1 Å². The molecule has 2 fully saturated rings. The van der Waals surface area contributed by atoms with Gasteiger partial charge in [-0.2, -0.15) is 4.73 Å². The summed E-state index contributed by atoms with van der Waals surface area (Å²) in [6.07, 6.45) is 5.66. The summed E-state index contributed by atoms with van der Waals surface area (Å²) in [6, 6.07) is 4.17. The fourth-order valence-electron chi connectivity index (χ4n) is 6.20. The van der Waals surface area contributed by atoms with E-state index in [-0.39, 0.29) is 39.4 Å². The molecule has 42 heavy (non-hydrogen) atoms. The molecule has 220 valence electrons. The lowest BCUT2D eigenvalue weighted by Crippen LogP contribution is -2.58. The number of hydrogen-bond acceptors (Lipinski definition) is 6. The highest BCUT2D eigenvalue weighted by Crippen LogP contribution is 2.43. The first-order valence-corrected chi connectivity index (χ1v) is 13.8. The summed E-state index contributed by atoms with van der Waals surface area (Å²) in [5.41, 5.74) is 6.29. The molecule has 1 saturated heterocycles. The van der Waals surface area contributed by atoms with Crippen LogP contribution < -0.4 is 10.5 Å². The molecule has 2 aliphatic rings. The molecule has 0 bridgehead atoms. The summed E-state index contributed by atoms with van der Waals surface area (Å²) in [6.45, 7) is 2.30. The SMILES string of the molecule is Cc1noc([C@H](c2nc3c(F)c(-c4c[n+]([O-])ccc4C(=O)N4CC(F)(F)C4)ccc3[nH]2)C2CCC(C)CC2)c1C(N)=O.